The van der Waals surface area contributed by atoms with Crippen LogP contribution in [0.3, 0.4) is 0 Å². The van der Waals surface area contributed by atoms with E-state index < -0.39 is 10.8 Å². The van der Waals surface area contributed by atoms with Crippen molar-refractivity contribution in [2.75, 3.05) is 26.6 Å². The molecule has 0 aromatic heterocycles. The SMILES string of the molecule is COc1cc(C(=O)Nc2cc([N+](=O)[O-])ccc2Br)cc(OC)c1OC. The molecule has 0 aliphatic carbocycles. The molecular formula is C16H15BrN2O6. The first-order valence-corrected chi connectivity index (χ1v) is 7.75. The normalized spacial score (nSPS) is 10.1. The van der Waals surface area contributed by atoms with Crippen LogP contribution in [0.25, 0.3) is 0 Å². The maximum atomic E-state index is 12.5. The van der Waals surface area contributed by atoms with Gasteiger partial charge in [-0.1, -0.05) is 0 Å². The molecule has 0 saturated carbocycles. The molecule has 2 aromatic carbocycles. The van der Waals surface area contributed by atoms with E-state index in [0.29, 0.717) is 21.7 Å². The lowest BCUT2D eigenvalue weighted by molar-refractivity contribution is -0.384. The fraction of sp³-hybridized carbons (Fsp3) is 0.188. The van der Waals surface area contributed by atoms with Crippen LogP contribution in [0.2, 0.25) is 0 Å². The number of hydrogen-bond donors (Lipinski definition) is 1. The third-order valence-electron chi connectivity index (χ3n) is 3.34. The molecule has 132 valence electrons. The van der Waals surface area contributed by atoms with Crippen molar-refractivity contribution >= 4 is 33.2 Å². The van der Waals surface area contributed by atoms with Crippen molar-refractivity contribution in [2.45, 2.75) is 0 Å². The van der Waals surface area contributed by atoms with Crippen LogP contribution in [0.5, 0.6) is 17.2 Å². The number of carbonyl (C=O) groups is 1. The number of ether oxygens (including phenoxy) is 3. The second-order valence-corrected chi connectivity index (χ2v) is 5.64. The first kappa shape index (κ1) is 18.5. The Kier molecular flexibility index (Phi) is 5.81. The molecule has 2 rings (SSSR count). The van der Waals surface area contributed by atoms with Crippen LogP contribution >= 0.6 is 15.9 Å². The highest BCUT2D eigenvalue weighted by Crippen LogP contribution is 2.38. The first-order chi connectivity index (χ1) is 11.9. The quantitative estimate of drug-likeness (QED) is 0.576. The minimum Gasteiger partial charge on any atom is -0.493 e. The van der Waals surface area contributed by atoms with Gasteiger partial charge in [-0.05, 0) is 34.1 Å². The molecule has 0 heterocycles. The Hall–Kier alpha value is -2.81. The number of carbonyl (C=O) groups excluding carboxylic acids is 1. The molecule has 8 nitrogen and oxygen atoms in total. The highest BCUT2D eigenvalue weighted by atomic mass is 79.9. The number of hydrogen-bond acceptors (Lipinski definition) is 6. The summed E-state index contributed by atoms with van der Waals surface area (Å²) in [6.45, 7) is 0. The van der Waals surface area contributed by atoms with E-state index in [1.807, 2.05) is 0 Å². The smallest absolute Gasteiger partial charge is 0.271 e. The highest BCUT2D eigenvalue weighted by molar-refractivity contribution is 9.10. The zero-order valence-electron chi connectivity index (χ0n) is 13.7. The minimum atomic E-state index is -0.540. The van der Waals surface area contributed by atoms with Gasteiger partial charge in [0, 0.05) is 22.2 Å². The molecule has 2 aromatic rings. The Morgan fingerprint density at radius 2 is 1.68 bits per heavy atom. The lowest BCUT2D eigenvalue weighted by Gasteiger charge is -2.14. The maximum absolute atomic E-state index is 12.5. The van der Waals surface area contributed by atoms with E-state index in [-0.39, 0.29) is 16.9 Å². The Labute approximate surface area is 152 Å². The van der Waals surface area contributed by atoms with Gasteiger partial charge in [-0.15, -0.1) is 0 Å². The molecule has 0 aliphatic heterocycles. The van der Waals surface area contributed by atoms with Crippen LogP contribution in [0.15, 0.2) is 34.8 Å². The number of nitrogens with zero attached hydrogens (tertiary/aromatic N) is 1. The van der Waals surface area contributed by atoms with Gasteiger partial charge in [-0.3, -0.25) is 14.9 Å². The van der Waals surface area contributed by atoms with Gasteiger partial charge in [0.2, 0.25) is 5.75 Å². The highest BCUT2D eigenvalue weighted by Gasteiger charge is 2.18. The van der Waals surface area contributed by atoms with Gasteiger partial charge >= 0.3 is 0 Å². The Bertz CT molecular complexity index is 799. The zero-order chi connectivity index (χ0) is 18.6. The number of nitro groups is 1. The summed E-state index contributed by atoms with van der Waals surface area (Å²) in [5, 5.41) is 13.5. The molecule has 0 unspecified atom stereocenters. The van der Waals surface area contributed by atoms with Crippen LogP contribution in [-0.4, -0.2) is 32.2 Å². The van der Waals surface area contributed by atoms with Crippen LogP contribution < -0.4 is 19.5 Å². The van der Waals surface area contributed by atoms with E-state index in [2.05, 4.69) is 21.2 Å². The third-order valence-corrected chi connectivity index (χ3v) is 4.03. The zero-order valence-corrected chi connectivity index (χ0v) is 15.2. The van der Waals surface area contributed by atoms with Crippen LogP contribution in [0, 0.1) is 10.1 Å². The summed E-state index contributed by atoms with van der Waals surface area (Å²) in [6, 6.07) is 7.06. The number of nitrogens with one attached hydrogen (secondary N) is 1. The summed E-state index contributed by atoms with van der Waals surface area (Å²) >= 11 is 3.25. The molecule has 0 saturated heterocycles. The molecule has 0 fully saturated rings. The molecule has 0 bridgehead atoms. The maximum Gasteiger partial charge on any atom is 0.271 e. The fourth-order valence-electron chi connectivity index (χ4n) is 2.13. The summed E-state index contributed by atoms with van der Waals surface area (Å²) < 4.78 is 16.1. The molecule has 0 radical (unpaired) electrons. The predicted molar refractivity (Wildman–Crippen MR) is 94.8 cm³/mol. The summed E-state index contributed by atoms with van der Waals surface area (Å²) in [5.41, 5.74) is 0.379. The lowest BCUT2D eigenvalue weighted by Crippen LogP contribution is -2.13. The molecule has 0 aliphatic rings. The largest absolute Gasteiger partial charge is 0.493 e. The van der Waals surface area contributed by atoms with E-state index in [9.17, 15) is 14.9 Å². The number of non-ortho nitro benzene ring substituents is 1. The summed E-state index contributed by atoms with van der Waals surface area (Å²) in [6.07, 6.45) is 0. The molecule has 1 N–H and O–H groups in total. The Morgan fingerprint density at radius 1 is 1.08 bits per heavy atom. The second-order valence-electron chi connectivity index (χ2n) is 4.79. The number of methoxy groups -OCH3 is 3. The number of anilines is 1. The standard InChI is InChI=1S/C16H15BrN2O6/c1-23-13-6-9(7-14(24-2)15(13)25-3)16(20)18-12-8-10(19(21)22)4-5-11(12)17/h4-8H,1-3H3,(H,18,20). The van der Waals surface area contributed by atoms with Crippen LogP contribution in [0.1, 0.15) is 10.4 Å². The van der Waals surface area contributed by atoms with E-state index >= 15 is 0 Å². The van der Waals surface area contributed by atoms with Crippen LogP contribution in [0.4, 0.5) is 11.4 Å². The number of halogens is 1. The van der Waals surface area contributed by atoms with Crippen molar-refractivity contribution in [1.82, 2.24) is 0 Å². The van der Waals surface area contributed by atoms with E-state index in [1.165, 1.54) is 51.7 Å². The number of amides is 1. The lowest BCUT2D eigenvalue weighted by atomic mass is 10.1. The number of nitro benzene ring substituents is 1. The number of benzene rings is 2. The van der Waals surface area contributed by atoms with Gasteiger partial charge in [-0.25, -0.2) is 0 Å². The van der Waals surface area contributed by atoms with E-state index in [0.717, 1.165) is 0 Å². The second kappa shape index (κ2) is 7.84. The van der Waals surface area contributed by atoms with Crippen molar-refractivity contribution in [3.05, 3.63) is 50.5 Å². The van der Waals surface area contributed by atoms with Crippen molar-refractivity contribution in [1.29, 1.82) is 0 Å². The van der Waals surface area contributed by atoms with Gasteiger partial charge in [-0.2, -0.15) is 0 Å². The summed E-state index contributed by atoms with van der Waals surface area (Å²) in [4.78, 5) is 22.9. The number of rotatable bonds is 6. The summed E-state index contributed by atoms with van der Waals surface area (Å²) in [7, 11) is 4.34. The molecule has 0 spiro atoms. The molecule has 1 amide bonds. The van der Waals surface area contributed by atoms with Crippen molar-refractivity contribution in [3.63, 3.8) is 0 Å². The molecule has 0 atom stereocenters. The fourth-order valence-corrected chi connectivity index (χ4v) is 2.48. The van der Waals surface area contributed by atoms with Gasteiger partial charge in [0.25, 0.3) is 11.6 Å². The molecule has 9 heteroatoms. The van der Waals surface area contributed by atoms with E-state index in [4.69, 9.17) is 14.2 Å². The third kappa shape index (κ3) is 4.00. The average molecular weight is 411 g/mol. The van der Waals surface area contributed by atoms with Gasteiger partial charge < -0.3 is 19.5 Å². The van der Waals surface area contributed by atoms with Crippen molar-refractivity contribution < 1.29 is 23.9 Å². The topological polar surface area (TPSA) is 99.9 Å². The minimum absolute atomic E-state index is 0.136. The summed E-state index contributed by atoms with van der Waals surface area (Å²) in [5.74, 6) is 0.522. The van der Waals surface area contributed by atoms with Gasteiger partial charge in [0.15, 0.2) is 11.5 Å². The first-order valence-electron chi connectivity index (χ1n) is 6.96. The van der Waals surface area contributed by atoms with Crippen molar-refractivity contribution in [2.24, 2.45) is 0 Å². The van der Waals surface area contributed by atoms with E-state index in [1.54, 1.807) is 0 Å². The Balaban J connectivity index is 2.39. The van der Waals surface area contributed by atoms with Crippen molar-refractivity contribution in [3.8, 4) is 17.2 Å². The molecule has 25 heavy (non-hydrogen) atoms. The monoisotopic (exact) mass is 410 g/mol. The molecular weight excluding hydrogens is 396 g/mol. The average Bonchev–Trinajstić information content (AvgIpc) is 2.61. The predicted octanol–water partition coefficient (Wildman–Crippen LogP) is 3.64. The van der Waals surface area contributed by atoms with Crippen LogP contribution in [-0.2, 0) is 0 Å². The van der Waals surface area contributed by atoms with Gasteiger partial charge in [0.1, 0.15) is 0 Å². The van der Waals surface area contributed by atoms with Gasteiger partial charge in [0.05, 0.1) is 31.9 Å². The Morgan fingerprint density at radius 3 is 2.16 bits per heavy atom.